The summed E-state index contributed by atoms with van der Waals surface area (Å²) in [5, 5.41) is 0. The highest BCUT2D eigenvalue weighted by molar-refractivity contribution is 9.10. The zero-order valence-corrected chi connectivity index (χ0v) is 17.2. The van der Waals surface area contributed by atoms with Crippen molar-refractivity contribution in [1.82, 2.24) is 4.90 Å². The first kappa shape index (κ1) is 19.0. The minimum absolute atomic E-state index is 0.179. The second-order valence-electron chi connectivity index (χ2n) is 6.32. The molecule has 8 heteroatoms. The van der Waals surface area contributed by atoms with Crippen molar-refractivity contribution in [3.8, 4) is 11.5 Å². The van der Waals surface area contributed by atoms with Crippen molar-refractivity contribution in [3.63, 3.8) is 0 Å². The highest BCUT2D eigenvalue weighted by Crippen LogP contribution is 2.40. The molecular weight excluding hydrogens is 420 g/mol. The van der Waals surface area contributed by atoms with Crippen LogP contribution in [0.3, 0.4) is 0 Å². The lowest BCUT2D eigenvalue weighted by molar-refractivity contribution is 0.164. The Hall–Kier alpha value is -1.77. The third kappa shape index (κ3) is 3.82. The maximum absolute atomic E-state index is 12.7. The first-order chi connectivity index (χ1) is 12.3. The molecule has 0 bridgehead atoms. The van der Waals surface area contributed by atoms with Crippen LogP contribution in [0.5, 0.6) is 11.5 Å². The summed E-state index contributed by atoms with van der Waals surface area (Å²) in [4.78, 5) is 2.26. The largest absolute Gasteiger partial charge is 0.496 e. The molecule has 1 aliphatic rings. The molecule has 6 nitrogen and oxygen atoms in total. The number of sulfonamides is 1. The fraction of sp³-hybridized carbons (Fsp3) is 0.333. The van der Waals surface area contributed by atoms with Crippen LogP contribution in [0.2, 0.25) is 0 Å². The number of hydrogen-bond donors (Lipinski definition) is 1. The molecule has 140 valence electrons. The molecule has 1 atom stereocenters. The van der Waals surface area contributed by atoms with Gasteiger partial charge in [0.05, 0.1) is 17.7 Å². The Labute approximate surface area is 162 Å². The molecule has 0 aromatic heterocycles. The number of rotatable bonds is 5. The summed E-state index contributed by atoms with van der Waals surface area (Å²) in [6, 6.07) is 10.2. The average Bonchev–Trinajstić information content (AvgIpc) is 2.61. The zero-order chi connectivity index (χ0) is 18.9. The summed E-state index contributed by atoms with van der Waals surface area (Å²) >= 11 is 3.30. The number of ether oxygens (including phenoxy) is 2. The summed E-state index contributed by atoms with van der Waals surface area (Å²) in [5.41, 5.74) is 1.28. The fourth-order valence-corrected chi connectivity index (χ4v) is 4.54. The van der Waals surface area contributed by atoms with E-state index in [0.717, 1.165) is 12.0 Å². The molecule has 0 fully saturated rings. The van der Waals surface area contributed by atoms with E-state index in [2.05, 4.69) is 25.6 Å². The molecule has 0 unspecified atom stereocenters. The molecule has 2 aromatic carbocycles. The van der Waals surface area contributed by atoms with Crippen LogP contribution in [0.15, 0.2) is 45.8 Å². The molecule has 1 N–H and O–H groups in total. The average molecular weight is 441 g/mol. The summed E-state index contributed by atoms with van der Waals surface area (Å²) < 4.78 is 40.2. The van der Waals surface area contributed by atoms with Crippen molar-refractivity contribution < 1.29 is 17.9 Å². The first-order valence-corrected chi connectivity index (χ1v) is 10.4. The number of halogens is 1. The number of anilines is 1. The first-order valence-electron chi connectivity index (χ1n) is 8.09. The number of fused-ring (bicyclic) bond motifs is 1. The van der Waals surface area contributed by atoms with Crippen LogP contribution in [-0.2, 0) is 16.4 Å². The quantitative estimate of drug-likeness (QED) is 0.773. The smallest absolute Gasteiger partial charge is 0.262 e. The maximum atomic E-state index is 12.7. The topological polar surface area (TPSA) is 67.9 Å². The van der Waals surface area contributed by atoms with Gasteiger partial charge in [-0.1, -0.05) is 22.0 Å². The van der Waals surface area contributed by atoms with E-state index >= 15 is 0 Å². The molecule has 0 amide bonds. The van der Waals surface area contributed by atoms with E-state index in [1.54, 1.807) is 43.5 Å². The molecule has 0 aliphatic carbocycles. The van der Waals surface area contributed by atoms with E-state index in [4.69, 9.17) is 9.47 Å². The highest BCUT2D eigenvalue weighted by Gasteiger charge is 2.28. The predicted molar refractivity (Wildman–Crippen MR) is 105 cm³/mol. The fourth-order valence-electron chi connectivity index (χ4n) is 2.88. The van der Waals surface area contributed by atoms with E-state index < -0.39 is 10.0 Å². The lowest BCUT2D eigenvalue weighted by Gasteiger charge is -2.32. The number of nitrogens with zero attached hydrogens (tertiary/aromatic N) is 1. The van der Waals surface area contributed by atoms with Crippen molar-refractivity contribution in [2.45, 2.75) is 17.4 Å². The van der Waals surface area contributed by atoms with Gasteiger partial charge in [0, 0.05) is 16.1 Å². The second-order valence-corrected chi connectivity index (χ2v) is 8.92. The van der Waals surface area contributed by atoms with Gasteiger partial charge in [0.1, 0.15) is 18.1 Å². The number of hydrogen-bond acceptors (Lipinski definition) is 5. The van der Waals surface area contributed by atoms with Gasteiger partial charge in [0.15, 0.2) is 0 Å². The number of likely N-dealkylation sites (N-methyl/N-ethyl adjacent to an activating group) is 1. The number of methoxy groups -OCH3 is 1. The van der Waals surface area contributed by atoms with Gasteiger partial charge in [-0.05, 0) is 50.8 Å². The van der Waals surface area contributed by atoms with E-state index in [0.29, 0.717) is 28.3 Å². The summed E-state index contributed by atoms with van der Waals surface area (Å²) in [7, 11) is 1.85. The van der Waals surface area contributed by atoms with Crippen LogP contribution in [0.1, 0.15) is 5.56 Å². The van der Waals surface area contributed by atoms with E-state index in [1.165, 1.54) is 0 Å². The molecule has 2 aromatic rings. The van der Waals surface area contributed by atoms with Gasteiger partial charge in [-0.15, -0.1) is 0 Å². The van der Waals surface area contributed by atoms with Gasteiger partial charge in [0.25, 0.3) is 10.0 Å². The number of benzene rings is 2. The van der Waals surface area contributed by atoms with Gasteiger partial charge >= 0.3 is 0 Å². The molecule has 0 saturated carbocycles. The SMILES string of the molecule is COc1ccc(NS(=O)(=O)c2cccc(Br)c2)c2c1C[C@@H](N(C)C)CO2. The molecule has 1 aliphatic heterocycles. The Kier molecular flexibility index (Phi) is 5.45. The van der Waals surface area contributed by atoms with E-state index in [1.807, 2.05) is 14.1 Å². The summed E-state index contributed by atoms with van der Waals surface area (Å²) in [6.07, 6.45) is 0.720. The van der Waals surface area contributed by atoms with Crippen molar-refractivity contribution in [2.75, 3.05) is 32.5 Å². The van der Waals surface area contributed by atoms with Crippen LogP contribution in [-0.4, -0.2) is 47.2 Å². The Balaban J connectivity index is 1.98. The minimum Gasteiger partial charge on any atom is -0.496 e. The lowest BCUT2D eigenvalue weighted by Crippen LogP contribution is -2.38. The lowest BCUT2D eigenvalue weighted by atomic mass is 10.00. The molecule has 26 heavy (non-hydrogen) atoms. The van der Waals surface area contributed by atoms with Crippen LogP contribution in [0, 0.1) is 0 Å². The third-order valence-electron chi connectivity index (χ3n) is 4.38. The summed E-state index contributed by atoms with van der Waals surface area (Å²) in [6.45, 7) is 0.485. The van der Waals surface area contributed by atoms with Gasteiger partial charge < -0.3 is 14.4 Å². The highest BCUT2D eigenvalue weighted by atomic mass is 79.9. The molecule has 3 rings (SSSR count). The van der Waals surface area contributed by atoms with Crippen molar-refractivity contribution in [2.24, 2.45) is 0 Å². The van der Waals surface area contributed by atoms with Gasteiger partial charge in [0.2, 0.25) is 0 Å². The predicted octanol–water partition coefficient (Wildman–Crippen LogP) is 3.12. The second kappa shape index (κ2) is 7.46. The van der Waals surface area contributed by atoms with Gasteiger partial charge in [-0.3, -0.25) is 4.72 Å². The van der Waals surface area contributed by atoms with Gasteiger partial charge in [-0.2, -0.15) is 0 Å². The Bertz CT molecular complexity index is 915. The minimum atomic E-state index is -3.73. The molecule has 1 heterocycles. The zero-order valence-electron chi connectivity index (χ0n) is 14.8. The molecule has 0 radical (unpaired) electrons. The third-order valence-corrected chi connectivity index (χ3v) is 6.23. The standard InChI is InChI=1S/C18H21BrN2O4S/c1-21(2)13-10-15-17(24-3)8-7-16(18(15)25-11-13)20-26(22,23)14-6-4-5-12(19)9-14/h4-9,13,20H,10-11H2,1-3H3/t13-/m1/s1. The number of nitrogens with one attached hydrogen (secondary N) is 1. The summed E-state index contributed by atoms with van der Waals surface area (Å²) in [5.74, 6) is 1.22. The Morgan fingerprint density at radius 1 is 1.27 bits per heavy atom. The molecular formula is C18H21BrN2O4S. The van der Waals surface area contributed by atoms with Crippen molar-refractivity contribution >= 4 is 31.6 Å². The van der Waals surface area contributed by atoms with Crippen LogP contribution in [0.4, 0.5) is 5.69 Å². The molecule has 0 saturated heterocycles. The normalized spacial score (nSPS) is 16.7. The van der Waals surface area contributed by atoms with Crippen molar-refractivity contribution in [1.29, 1.82) is 0 Å². The Morgan fingerprint density at radius 2 is 2.04 bits per heavy atom. The Morgan fingerprint density at radius 3 is 2.69 bits per heavy atom. The monoisotopic (exact) mass is 440 g/mol. The van der Waals surface area contributed by atoms with Gasteiger partial charge in [-0.25, -0.2) is 8.42 Å². The van der Waals surface area contributed by atoms with Crippen LogP contribution >= 0.6 is 15.9 Å². The maximum Gasteiger partial charge on any atom is 0.262 e. The van der Waals surface area contributed by atoms with E-state index in [-0.39, 0.29) is 10.9 Å². The van der Waals surface area contributed by atoms with Crippen LogP contribution < -0.4 is 14.2 Å². The van der Waals surface area contributed by atoms with Crippen LogP contribution in [0.25, 0.3) is 0 Å². The van der Waals surface area contributed by atoms with E-state index in [9.17, 15) is 8.42 Å². The molecule has 0 spiro atoms. The van der Waals surface area contributed by atoms with Crippen molar-refractivity contribution in [3.05, 3.63) is 46.4 Å².